The van der Waals surface area contributed by atoms with E-state index in [9.17, 15) is 14.0 Å². The number of aldehydes is 1. The van der Waals surface area contributed by atoms with Crippen LogP contribution in [0.4, 0.5) is 10.1 Å². The van der Waals surface area contributed by atoms with Crippen molar-refractivity contribution in [3.8, 4) is 0 Å². The fraction of sp³-hybridized carbons (Fsp3) is 0.333. The van der Waals surface area contributed by atoms with Crippen LogP contribution < -0.4 is 10.6 Å². The van der Waals surface area contributed by atoms with Gasteiger partial charge in [-0.2, -0.15) is 0 Å². The summed E-state index contributed by atoms with van der Waals surface area (Å²) < 4.78 is 13.5. The van der Waals surface area contributed by atoms with E-state index < -0.39 is 17.8 Å². The largest absolute Gasteiger partial charge is 0.368 e. The molecule has 0 radical (unpaired) electrons. The second kappa shape index (κ2) is 4.53. The van der Waals surface area contributed by atoms with Gasteiger partial charge in [0.25, 0.3) is 0 Å². The van der Waals surface area contributed by atoms with Gasteiger partial charge >= 0.3 is 0 Å². The SMILES string of the molecule is NC(=O)C1CCCN1c1cccc(F)c1C=O. The first-order valence-corrected chi connectivity index (χ1v) is 5.45. The summed E-state index contributed by atoms with van der Waals surface area (Å²) in [7, 11) is 0. The first-order chi connectivity index (χ1) is 8.15. The van der Waals surface area contributed by atoms with Gasteiger partial charge in [-0.05, 0) is 25.0 Å². The first kappa shape index (κ1) is 11.6. The molecule has 1 saturated heterocycles. The topological polar surface area (TPSA) is 63.4 Å². The number of halogens is 1. The molecule has 1 amide bonds. The van der Waals surface area contributed by atoms with Crippen LogP contribution in [0.5, 0.6) is 0 Å². The number of carbonyl (C=O) groups excluding carboxylic acids is 2. The van der Waals surface area contributed by atoms with Crippen molar-refractivity contribution in [3.63, 3.8) is 0 Å². The minimum absolute atomic E-state index is 0.0133. The second-order valence-corrected chi connectivity index (χ2v) is 4.04. The molecule has 2 N–H and O–H groups in total. The van der Waals surface area contributed by atoms with Crippen LogP contribution >= 0.6 is 0 Å². The molecule has 1 aliphatic rings. The number of hydrogen-bond acceptors (Lipinski definition) is 3. The number of carbonyl (C=O) groups is 2. The monoisotopic (exact) mass is 236 g/mol. The highest BCUT2D eigenvalue weighted by Crippen LogP contribution is 2.29. The first-order valence-electron chi connectivity index (χ1n) is 5.45. The molecule has 1 aromatic rings. The van der Waals surface area contributed by atoms with Gasteiger partial charge in [0.15, 0.2) is 6.29 Å². The van der Waals surface area contributed by atoms with E-state index in [1.807, 2.05) is 0 Å². The summed E-state index contributed by atoms with van der Waals surface area (Å²) in [5, 5.41) is 0. The number of anilines is 1. The predicted molar refractivity (Wildman–Crippen MR) is 61.3 cm³/mol. The highest BCUT2D eigenvalue weighted by molar-refractivity contribution is 5.89. The lowest BCUT2D eigenvalue weighted by Crippen LogP contribution is -2.40. The van der Waals surface area contributed by atoms with Crippen molar-refractivity contribution < 1.29 is 14.0 Å². The fourth-order valence-electron chi connectivity index (χ4n) is 2.24. The Balaban J connectivity index is 2.43. The molecular formula is C12H13FN2O2. The van der Waals surface area contributed by atoms with Crippen LogP contribution in [0.3, 0.4) is 0 Å². The van der Waals surface area contributed by atoms with Gasteiger partial charge in [-0.15, -0.1) is 0 Å². The average molecular weight is 236 g/mol. The lowest BCUT2D eigenvalue weighted by atomic mass is 10.1. The minimum atomic E-state index is -0.576. The van der Waals surface area contributed by atoms with Gasteiger partial charge in [0.2, 0.25) is 5.91 Å². The Hall–Kier alpha value is -1.91. The maximum absolute atomic E-state index is 13.5. The van der Waals surface area contributed by atoms with Crippen LogP contribution in [0.2, 0.25) is 0 Å². The van der Waals surface area contributed by atoms with Crippen molar-refractivity contribution in [2.75, 3.05) is 11.4 Å². The summed E-state index contributed by atoms with van der Waals surface area (Å²) in [6.45, 7) is 0.609. The van der Waals surface area contributed by atoms with Crippen LogP contribution in [0.15, 0.2) is 18.2 Å². The Morgan fingerprint density at radius 3 is 2.94 bits per heavy atom. The molecule has 1 fully saturated rings. The molecule has 0 aliphatic carbocycles. The number of benzene rings is 1. The van der Waals surface area contributed by atoms with Gasteiger partial charge in [-0.25, -0.2) is 4.39 Å². The van der Waals surface area contributed by atoms with Crippen LogP contribution in [0.1, 0.15) is 23.2 Å². The third kappa shape index (κ3) is 2.00. The summed E-state index contributed by atoms with van der Waals surface area (Å²) >= 11 is 0. The van der Waals surface area contributed by atoms with E-state index in [4.69, 9.17) is 5.73 Å². The van der Waals surface area contributed by atoms with Gasteiger partial charge in [-0.1, -0.05) is 6.07 Å². The Labute approximate surface area is 98.2 Å². The van der Waals surface area contributed by atoms with Gasteiger partial charge in [0, 0.05) is 6.54 Å². The maximum atomic E-state index is 13.5. The van der Waals surface area contributed by atoms with E-state index in [0.29, 0.717) is 24.9 Å². The minimum Gasteiger partial charge on any atom is -0.368 e. The van der Waals surface area contributed by atoms with E-state index in [-0.39, 0.29) is 5.56 Å². The summed E-state index contributed by atoms with van der Waals surface area (Å²) in [6, 6.07) is 3.93. The molecule has 17 heavy (non-hydrogen) atoms. The van der Waals surface area contributed by atoms with Crippen molar-refractivity contribution in [1.82, 2.24) is 0 Å². The van der Waals surface area contributed by atoms with E-state index in [0.717, 1.165) is 6.42 Å². The van der Waals surface area contributed by atoms with Crippen molar-refractivity contribution >= 4 is 17.9 Å². The fourth-order valence-corrected chi connectivity index (χ4v) is 2.24. The third-order valence-electron chi connectivity index (χ3n) is 3.04. The number of rotatable bonds is 3. The summed E-state index contributed by atoms with van der Waals surface area (Å²) in [4.78, 5) is 23.9. The lowest BCUT2D eigenvalue weighted by Gasteiger charge is -2.25. The molecule has 90 valence electrons. The van der Waals surface area contributed by atoms with Crippen molar-refractivity contribution in [1.29, 1.82) is 0 Å². The standard InChI is InChI=1S/C12H13FN2O2/c13-9-3-1-4-10(8(9)7-16)15-6-2-5-11(15)12(14)17/h1,3-4,7,11H,2,5-6H2,(H2,14,17). The molecule has 1 unspecified atom stereocenters. The van der Waals surface area contributed by atoms with Crippen molar-refractivity contribution in [2.24, 2.45) is 5.73 Å². The Morgan fingerprint density at radius 2 is 2.29 bits per heavy atom. The molecule has 1 atom stereocenters. The van der Waals surface area contributed by atoms with Crippen LogP contribution in [0.25, 0.3) is 0 Å². The molecular weight excluding hydrogens is 223 g/mol. The van der Waals surface area contributed by atoms with Crippen LogP contribution in [-0.4, -0.2) is 24.8 Å². The molecule has 0 aromatic heterocycles. The zero-order valence-electron chi connectivity index (χ0n) is 9.23. The maximum Gasteiger partial charge on any atom is 0.240 e. The molecule has 0 bridgehead atoms. The normalized spacial score (nSPS) is 19.4. The Morgan fingerprint density at radius 1 is 1.53 bits per heavy atom. The number of hydrogen-bond donors (Lipinski definition) is 1. The molecule has 1 aliphatic heterocycles. The average Bonchev–Trinajstić information content (AvgIpc) is 2.77. The molecule has 1 heterocycles. The lowest BCUT2D eigenvalue weighted by molar-refractivity contribution is -0.119. The quantitative estimate of drug-likeness (QED) is 0.799. The van der Waals surface area contributed by atoms with Gasteiger partial charge in [0.05, 0.1) is 11.3 Å². The van der Waals surface area contributed by atoms with E-state index in [2.05, 4.69) is 0 Å². The summed E-state index contributed by atoms with van der Waals surface area (Å²) in [5.74, 6) is -1.02. The highest BCUT2D eigenvalue weighted by atomic mass is 19.1. The summed E-state index contributed by atoms with van der Waals surface area (Å²) in [5.41, 5.74) is 5.72. The van der Waals surface area contributed by atoms with E-state index in [1.54, 1.807) is 11.0 Å². The molecule has 4 nitrogen and oxygen atoms in total. The van der Waals surface area contributed by atoms with Crippen molar-refractivity contribution in [3.05, 3.63) is 29.6 Å². The number of nitrogens with zero attached hydrogens (tertiary/aromatic N) is 1. The third-order valence-corrected chi connectivity index (χ3v) is 3.04. The zero-order chi connectivity index (χ0) is 12.4. The van der Waals surface area contributed by atoms with Gasteiger partial charge < -0.3 is 10.6 Å². The molecule has 0 saturated carbocycles. The van der Waals surface area contributed by atoms with Crippen molar-refractivity contribution in [2.45, 2.75) is 18.9 Å². The molecule has 2 rings (SSSR count). The summed E-state index contributed by atoms with van der Waals surface area (Å²) in [6.07, 6.45) is 1.92. The molecule has 5 heteroatoms. The number of nitrogens with two attached hydrogens (primary N) is 1. The van der Waals surface area contributed by atoms with E-state index in [1.165, 1.54) is 12.1 Å². The Bertz CT molecular complexity index is 462. The number of amides is 1. The van der Waals surface area contributed by atoms with E-state index >= 15 is 0 Å². The Kier molecular flexibility index (Phi) is 3.08. The van der Waals surface area contributed by atoms with Gasteiger partial charge in [-0.3, -0.25) is 9.59 Å². The van der Waals surface area contributed by atoms with Crippen LogP contribution in [-0.2, 0) is 4.79 Å². The predicted octanol–water partition coefficient (Wildman–Crippen LogP) is 1.09. The molecule has 1 aromatic carbocycles. The zero-order valence-corrected chi connectivity index (χ0v) is 9.23. The smallest absolute Gasteiger partial charge is 0.240 e. The highest BCUT2D eigenvalue weighted by Gasteiger charge is 2.30. The van der Waals surface area contributed by atoms with Crippen LogP contribution in [0, 0.1) is 5.82 Å². The van der Waals surface area contributed by atoms with Gasteiger partial charge in [0.1, 0.15) is 11.9 Å². The number of primary amides is 1. The second-order valence-electron chi connectivity index (χ2n) is 4.04. The molecule has 0 spiro atoms.